The Hall–Kier alpha value is -3.15. The van der Waals surface area contributed by atoms with Gasteiger partial charge in [0.1, 0.15) is 11.6 Å². The number of aliphatic hydroxyl groups excluding tert-OH is 1. The standard InChI is InChI=1S/C25H22F4N2O4S/c26-15-8-13-19-18-4-1-2-6-21(18)31(23(19)14-15)22-7-3-5-20(24(22)32)30-36(33,34)17-11-9-16(10-12-17)35-25(27,28)29/h1-2,4,6,8-14,20,22,24,30,32H,3,5,7H2/t20-,22?,24+/m1/s1. The molecule has 0 radical (unpaired) electrons. The number of alkyl halides is 3. The van der Waals surface area contributed by atoms with Crippen molar-refractivity contribution in [1.29, 1.82) is 0 Å². The average molecular weight is 523 g/mol. The number of fused-ring (bicyclic) bond motifs is 3. The van der Waals surface area contributed by atoms with Crippen LogP contribution in [-0.4, -0.2) is 36.6 Å². The second-order valence-corrected chi connectivity index (χ2v) is 10.5. The van der Waals surface area contributed by atoms with Gasteiger partial charge in [-0.1, -0.05) is 18.2 Å². The third-order valence-electron chi connectivity index (χ3n) is 6.50. The van der Waals surface area contributed by atoms with Crippen molar-refractivity contribution < 1.29 is 35.8 Å². The number of nitrogens with one attached hydrogen (secondary N) is 1. The van der Waals surface area contributed by atoms with Crippen LogP contribution in [0.25, 0.3) is 21.8 Å². The van der Waals surface area contributed by atoms with E-state index in [1.165, 1.54) is 12.1 Å². The van der Waals surface area contributed by atoms with Gasteiger partial charge in [-0.3, -0.25) is 0 Å². The topological polar surface area (TPSA) is 80.6 Å². The molecule has 4 aromatic rings. The number of hydrogen-bond acceptors (Lipinski definition) is 4. The highest BCUT2D eigenvalue weighted by Crippen LogP contribution is 2.38. The van der Waals surface area contributed by atoms with Crippen molar-refractivity contribution in [2.75, 3.05) is 0 Å². The number of aliphatic hydroxyl groups is 1. The van der Waals surface area contributed by atoms with Crippen LogP contribution in [-0.2, 0) is 10.0 Å². The van der Waals surface area contributed by atoms with Crippen molar-refractivity contribution in [3.63, 3.8) is 0 Å². The third kappa shape index (κ3) is 4.65. The molecular weight excluding hydrogens is 500 g/mol. The first kappa shape index (κ1) is 24.5. The molecule has 6 nitrogen and oxygen atoms in total. The summed E-state index contributed by atoms with van der Waals surface area (Å²) in [7, 11) is -4.15. The smallest absolute Gasteiger partial charge is 0.406 e. The van der Waals surface area contributed by atoms with Crippen LogP contribution in [0.1, 0.15) is 25.3 Å². The molecule has 1 aliphatic rings. The maximum atomic E-state index is 14.2. The van der Waals surface area contributed by atoms with Crippen molar-refractivity contribution in [3.8, 4) is 5.75 Å². The first-order valence-electron chi connectivity index (χ1n) is 11.3. The molecule has 190 valence electrons. The quantitative estimate of drug-likeness (QED) is 0.350. The Morgan fingerprint density at radius 3 is 2.36 bits per heavy atom. The van der Waals surface area contributed by atoms with Crippen LogP contribution in [0, 0.1) is 5.82 Å². The Kier molecular flexibility index (Phi) is 6.17. The van der Waals surface area contributed by atoms with Gasteiger partial charge in [-0.05, 0) is 67.8 Å². The van der Waals surface area contributed by atoms with E-state index in [1.807, 2.05) is 28.8 Å². The van der Waals surface area contributed by atoms with E-state index in [0.717, 1.165) is 40.6 Å². The molecule has 36 heavy (non-hydrogen) atoms. The Balaban J connectivity index is 1.44. The molecule has 1 unspecified atom stereocenters. The molecular formula is C25H22F4N2O4S. The predicted molar refractivity (Wildman–Crippen MR) is 126 cm³/mol. The SMILES string of the molecule is O=S(=O)(N[C@@H]1CCCC(n2c3ccccc3c3ccc(F)cc32)[C@H]1O)c1ccc(OC(F)(F)F)cc1. The molecule has 3 aromatic carbocycles. The highest BCUT2D eigenvalue weighted by Gasteiger charge is 2.37. The fourth-order valence-electron chi connectivity index (χ4n) is 4.99. The van der Waals surface area contributed by atoms with Crippen molar-refractivity contribution >= 4 is 31.8 Å². The lowest BCUT2D eigenvalue weighted by atomic mass is 9.88. The molecule has 0 saturated heterocycles. The molecule has 0 amide bonds. The zero-order valence-electron chi connectivity index (χ0n) is 18.7. The summed E-state index contributed by atoms with van der Waals surface area (Å²) in [5.41, 5.74) is 1.40. The van der Waals surface area contributed by atoms with Gasteiger partial charge in [0, 0.05) is 16.3 Å². The summed E-state index contributed by atoms with van der Waals surface area (Å²) >= 11 is 0. The number of hydrogen-bond donors (Lipinski definition) is 2. The molecule has 1 heterocycles. The number of halogens is 4. The van der Waals surface area contributed by atoms with E-state index in [0.29, 0.717) is 24.8 Å². The molecule has 1 fully saturated rings. The van der Waals surface area contributed by atoms with Gasteiger partial charge in [0.2, 0.25) is 10.0 Å². The number of ether oxygens (including phenoxy) is 1. The zero-order chi connectivity index (χ0) is 25.7. The zero-order valence-corrected chi connectivity index (χ0v) is 19.6. The molecule has 0 aliphatic heterocycles. The molecule has 0 spiro atoms. The summed E-state index contributed by atoms with van der Waals surface area (Å²) in [6, 6.07) is 14.4. The summed E-state index contributed by atoms with van der Waals surface area (Å²) in [5.74, 6) is -0.968. The predicted octanol–water partition coefficient (Wildman–Crippen LogP) is 5.27. The van der Waals surface area contributed by atoms with E-state index >= 15 is 0 Å². The third-order valence-corrected chi connectivity index (χ3v) is 8.01. The molecule has 2 N–H and O–H groups in total. The monoisotopic (exact) mass is 522 g/mol. The van der Waals surface area contributed by atoms with Gasteiger partial charge in [-0.2, -0.15) is 0 Å². The molecule has 0 bridgehead atoms. The first-order valence-corrected chi connectivity index (χ1v) is 12.8. The fourth-order valence-corrected chi connectivity index (χ4v) is 6.27. The van der Waals surface area contributed by atoms with Crippen LogP contribution >= 0.6 is 0 Å². The summed E-state index contributed by atoms with van der Waals surface area (Å²) < 4.78 is 85.4. The summed E-state index contributed by atoms with van der Waals surface area (Å²) in [5, 5.41) is 13.0. The largest absolute Gasteiger partial charge is 0.573 e. The Morgan fingerprint density at radius 2 is 1.64 bits per heavy atom. The minimum Gasteiger partial charge on any atom is -0.406 e. The van der Waals surface area contributed by atoms with E-state index < -0.39 is 46.1 Å². The number of benzene rings is 3. The maximum absolute atomic E-state index is 14.2. The van der Waals surface area contributed by atoms with E-state index in [9.17, 15) is 31.1 Å². The van der Waals surface area contributed by atoms with E-state index in [1.54, 1.807) is 6.07 Å². The fraction of sp³-hybridized carbons (Fsp3) is 0.280. The minimum atomic E-state index is -4.89. The second-order valence-electron chi connectivity index (χ2n) is 8.78. The Labute approximate surface area is 204 Å². The van der Waals surface area contributed by atoms with E-state index in [2.05, 4.69) is 9.46 Å². The number of aromatic nitrogens is 1. The first-order chi connectivity index (χ1) is 17.0. The lowest BCUT2D eigenvalue weighted by Gasteiger charge is -2.36. The Morgan fingerprint density at radius 1 is 0.944 bits per heavy atom. The average Bonchev–Trinajstić information content (AvgIpc) is 3.13. The minimum absolute atomic E-state index is 0.259. The van der Waals surface area contributed by atoms with Gasteiger partial charge in [-0.25, -0.2) is 17.5 Å². The van der Waals surface area contributed by atoms with Gasteiger partial charge < -0.3 is 14.4 Å². The van der Waals surface area contributed by atoms with Crippen LogP contribution in [0.2, 0.25) is 0 Å². The molecule has 5 rings (SSSR count). The number of rotatable bonds is 5. The normalized spacial score (nSPS) is 21.2. The van der Waals surface area contributed by atoms with Crippen molar-refractivity contribution in [3.05, 3.63) is 72.5 Å². The van der Waals surface area contributed by atoms with Gasteiger partial charge in [0.05, 0.1) is 28.6 Å². The number of nitrogens with zero attached hydrogens (tertiary/aromatic N) is 1. The maximum Gasteiger partial charge on any atom is 0.573 e. The lowest BCUT2D eigenvalue weighted by molar-refractivity contribution is -0.274. The van der Waals surface area contributed by atoms with Crippen LogP contribution < -0.4 is 9.46 Å². The van der Waals surface area contributed by atoms with E-state index in [-0.39, 0.29) is 4.90 Å². The highest BCUT2D eigenvalue weighted by atomic mass is 32.2. The number of para-hydroxylation sites is 1. The Bertz CT molecular complexity index is 1520. The second kappa shape index (κ2) is 9.06. The van der Waals surface area contributed by atoms with E-state index in [4.69, 9.17) is 0 Å². The van der Waals surface area contributed by atoms with Crippen LogP contribution in [0.15, 0.2) is 71.6 Å². The van der Waals surface area contributed by atoms with Crippen molar-refractivity contribution in [1.82, 2.24) is 9.29 Å². The lowest BCUT2D eigenvalue weighted by Crippen LogP contribution is -2.49. The van der Waals surface area contributed by atoms with Gasteiger partial charge in [0.25, 0.3) is 0 Å². The van der Waals surface area contributed by atoms with Gasteiger partial charge >= 0.3 is 6.36 Å². The van der Waals surface area contributed by atoms with Gasteiger partial charge in [0.15, 0.2) is 0 Å². The number of sulfonamides is 1. The van der Waals surface area contributed by atoms with Crippen LogP contribution in [0.4, 0.5) is 17.6 Å². The highest BCUT2D eigenvalue weighted by molar-refractivity contribution is 7.89. The van der Waals surface area contributed by atoms with Crippen molar-refractivity contribution in [2.24, 2.45) is 0 Å². The molecule has 1 aliphatic carbocycles. The van der Waals surface area contributed by atoms with Crippen molar-refractivity contribution in [2.45, 2.75) is 48.7 Å². The summed E-state index contributed by atoms with van der Waals surface area (Å²) in [6.07, 6.45) is -4.53. The molecule has 1 saturated carbocycles. The summed E-state index contributed by atoms with van der Waals surface area (Å²) in [4.78, 5) is -0.259. The van der Waals surface area contributed by atoms with Crippen LogP contribution in [0.3, 0.4) is 0 Å². The summed E-state index contributed by atoms with van der Waals surface area (Å²) in [6.45, 7) is 0. The van der Waals surface area contributed by atoms with Gasteiger partial charge in [-0.15, -0.1) is 13.2 Å². The molecule has 3 atom stereocenters. The van der Waals surface area contributed by atoms with Crippen LogP contribution in [0.5, 0.6) is 5.75 Å². The molecule has 11 heteroatoms. The molecule has 1 aromatic heterocycles.